The van der Waals surface area contributed by atoms with Gasteiger partial charge in [0, 0.05) is 4.88 Å². The molecule has 0 aliphatic heterocycles. The molecule has 0 N–H and O–H groups in total. The number of aromatic nitrogens is 2. The molecule has 0 amide bonds. The maximum Gasteiger partial charge on any atom is 0.131 e. The second-order valence-electron chi connectivity index (χ2n) is 7.43. The second-order valence-corrected chi connectivity index (χ2v) is 9.19. The first-order chi connectivity index (χ1) is 14.5. The number of hydrogen-bond donors (Lipinski definition) is 0. The largest absolute Gasteiger partial charge is 0.487 e. The Balaban J connectivity index is 1.65. The molecule has 2 aromatic carbocycles. The fraction of sp³-hybridized carbons (Fsp3) is 0.208. The minimum atomic E-state index is 0.293. The van der Waals surface area contributed by atoms with Crippen molar-refractivity contribution in [2.75, 3.05) is 0 Å². The molecule has 0 bridgehead atoms. The predicted octanol–water partition coefficient (Wildman–Crippen LogP) is 7.92. The van der Waals surface area contributed by atoms with Crippen LogP contribution in [0.2, 0.25) is 10.0 Å². The van der Waals surface area contributed by atoms with Gasteiger partial charge in [-0.15, -0.1) is 11.3 Å². The quantitative estimate of drug-likeness (QED) is 0.294. The Hall–Kier alpha value is -2.27. The van der Waals surface area contributed by atoms with Crippen LogP contribution in [0.15, 0.2) is 60.1 Å². The van der Waals surface area contributed by atoms with Crippen LogP contribution in [-0.4, -0.2) is 9.78 Å². The van der Waals surface area contributed by atoms with Gasteiger partial charge < -0.3 is 4.74 Å². The third-order valence-electron chi connectivity index (χ3n) is 5.03. The van der Waals surface area contributed by atoms with Crippen LogP contribution >= 0.6 is 34.5 Å². The highest BCUT2D eigenvalue weighted by Gasteiger charge is 2.19. The first kappa shape index (κ1) is 21.0. The van der Waals surface area contributed by atoms with Gasteiger partial charge in [0.15, 0.2) is 0 Å². The summed E-state index contributed by atoms with van der Waals surface area (Å²) >= 11 is 14.6. The van der Waals surface area contributed by atoms with E-state index in [0.717, 1.165) is 17.0 Å². The van der Waals surface area contributed by atoms with Crippen molar-refractivity contribution in [2.45, 2.75) is 33.3 Å². The molecule has 0 aliphatic carbocycles. The van der Waals surface area contributed by atoms with E-state index in [1.807, 2.05) is 30.5 Å². The highest BCUT2D eigenvalue weighted by atomic mass is 35.5. The lowest BCUT2D eigenvalue weighted by Gasteiger charge is -2.15. The molecule has 0 aliphatic rings. The van der Waals surface area contributed by atoms with Crippen LogP contribution in [0.5, 0.6) is 5.75 Å². The van der Waals surface area contributed by atoms with E-state index in [-0.39, 0.29) is 0 Å². The smallest absolute Gasteiger partial charge is 0.131 e. The van der Waals surface area contributed by atoms with Crippen molar-refractivity contribution in [1.82, 2.24) is 9.78 Å². The summed E-state index contributed by atoms with van der Waals surface area (Å²) in [4.78, 5) is 1.26. The maximum absolute atomic E-state index is 6.44. The minimum Gasteiger partial charge on any atom is -0.487 e. The molecule has 0 unspecified atom stereocenters. The van der Waals surface area contributed by atoms with Gasteiger partial charge in [-0.1, -0.05) is 49.2 Å². The summed E-state index contributed by atoms with van der Waals surface area (Å²) in [5, 5.41) is 7.78. The molecule has 0 radical (unpaired) electrons. The van der Waals surface area contributed by atoms with Crippen LogP contribution in [0.4, 0.5) is 0 Å². The Kier molecular flexibility index (Phi) is 6.19. The molecule has 30 heavy (non-hydrogen) atoms. The first-order valence-electron chi connectivity index (χ1n) is 9.74. The molecular weight excluding hydrogens is 435 g/mol. The first-order valence-corrected chi connectivity index (χ1v) is 11.4. The fourth-order valence-corrected chi connectivity index (χ4v) is 4.86. The summed E-state index contributed by atoms with van der Waals surface area (Å²) in [6.45, 7) is 6.75. The number of ether oxygens (including phenoxy) is 1. The van der Waals surface area contributed by atoms with E-state index in [9.17, 15) is 0 Å². The van der Waals surface area contributed by atoms with Crippen LogP contribution in [-0.2, 0) is 6.61 Å². The Morgan fingerprint density at radius 1 is 1.07 bits per heavy atom. The summed E-state index contributed by atoms with van der Waals surface area (Å²) in [6.07, 6.45) is 1.87. The molecule has 0 atom stereocenters. The van der Waals surface area contributed by atoms with Crippen LogP contribution in [0.3, 0.4) is 0 Å². The minimum absolute atomic E-state index is 0.293. The number of nitrogens with zero attached hydrogens (tertiary/aromatic N) is 2. The van der Waals surface area contributed by atoms with Crippen molar-refractivity contribution < 1.29 is 4.74 Å². The number of thiophene rings is 1. The number of aryl methyl sites for hydroxylation is 1. The molecule has 3 nitrogen and oxygen atoms in total. The molecule has 6 heteroatoms. The van der Waals surface area contributed by atoms with Crippen molar-refractivity contribution in [1.29, 1.82) is 0 Å². The Labute approximate surface area is 190 Å². The van der Waals surface area contributed by atoms with Gasteiger partial charge in [-0.3, -0.25) is 0 Å². The average Bonchev–Trinajstić information content (AvgIpc) is 3.36. The third kappa shape index (κ3) is 4.13. The highest BCUT2D eigenvalue weighted by Crippen LogP contribution is 2.33. The van der Waals surface area contributed by atoms with Gasteiger partial charge in [0.25, 0.3) is 0 Å². The lowest BCUT2D eigenvalue weighted by molar-refractivity contribution is 0.295. The molecular formula is C24H22Cl2N2OS. The number of benzene rings is 2. The number of hydrogen-bond acceptors (Lipinski definition) is 3. The highest BCUT2D eigenvalue weighted by molar-refractivity contribution is 7.13. The molecule has 0 spiro atoms. The van der Waals surface area contributed by atoms with Gasteiger partial charge in [0.2, 0.25) is 0 Å². The zero-order valence-corrected chi connectivity index (χ0v) is 19.4. The molecule has 0 saturated heterocycles. The molecule has 4 aromatic rings. The SMILES string of the molecule is Cc1cc(OCc2c(C(C)C)cnn2-c2c(Cl)cccc2Cl)ccc1-c1cccs1. The zero-order valence-electron chi connectivity index (χ0n) is 17.0. The number of halogens is 2. The second kappa shape index (κ2) is 8.84. The van der Waals surface area contributed by atoms with Gasteiger partial charge >= 0.3 is 0 Å². The lowest BCUT2D eigenvalue weighted by atomic mass is 10.0. The zero-order chi connectivity index (χ0) is 21.3. The Bertz CT molecular complexity index is 1150. The van der Waals surface area contributed by atoms with Crippen LogP contribution in [0.25, 0.3) is 16.1 Å². The van der Waals surface area contributed by atoms with Gasteiger partial charge in [-0.05, 0) is 71.3 Å². The summed E-state index contributed by atoms with van der Waals surface area (Å²) in [5.74, 6) is 1.11. The van der Waals surface area contributed by atoms with Crippen molar-refractivity contribution in [2.24, 2.45) is 0 Å². The molecule has 2 aromatic heterocycles. The number of rotatable bonds is 6. The van der Waals surface area contributed by atoms with E-state index in [4.69, 9.17) is 27.9 Å². The van der Waals surface area contributed by atoms with E-state index in [2.05, 4.69) is 55.5 Å². The molecule has 154 valence electrons. The molecule has 0 saturated carbocycles. The van der Waals surface area contributed by atoms with E-state index in [1.165, 1.54) is 16.0 Å². The predicted molar refractivity (Wildman–Crippen MR) is 126 cm³/mol. The maximum atomic E-state index is 6.44. The van der Waals surface area contributed by atoms with Crippen molar-refractivity contribution in [3.8, 4) is 21.9 Å². The lowest BCUT2D eigenvalue weighted by Crippen LogP contribution is -2.09. The standard InChI is InChI=1S/C24H22Cl2N2OS/c1-15(2)19-13-27-28(24-20(25)6-4-7-21(24)26)22(19)14-29-17-9-10-18(16(3)12-17)23-8-5-11-30-23/h4-13,15H,14H2,1-3H3. The topological polar surface area (TPSA) is 27.1 Å². The number of para-hydroxylation sites is 1. The van der Waals surface area contributed by atoms with E-state index >= 15 is 0 Å². The van der Waals surface area contributed by atoms with E-state index in [0.29, 0.717) is 28.3 Å². The summed E-state index contributed by atoms with van der Waals surface area (Å²) < 4.78 is 7.99. The van der Waals surface area contributed by atoms with Crippen LogP contribution < -0.4 is 4.74 Å². The van der Waals surface area contributed by atoms with Gasteiger partial charge in [0.05, 0.1) is 21.9 Å². The van der Waals surface area contributed by atoms with Crippen LogP contribution in [0, 0.1) is 6.92 Å². The van der Waals surface area contributed by atoms with Crippen LogP contribution in [0.1, 0.15) is 36.6 Å². The van der Waals surface area contributed by atoms with E-state index < -0.39 is 0 Å². The third-order valence-corrected chi connectivity index (χ3v) is 6.55. The fourth-order valence-electron chi connectivity index (χ4n) is 3.48. The van der Waals surface area contributed by atoms with Crippen molar-refractivity contribution in [3.05, 3.63) is 87.0 Å². The van der Waals surface area contributed by atoms with Crippen molar-refractivity contribution >= 4 is 34.5 Å². The Morgan fingerprint density at radius 3 is 2.47 bits per heavy atom. The normalized spacial score (nSPS) is 11.3. The average molecular weight is 457 g/mol. The summed E-state index contributed by atoms with van der Waals surface area (Å²) in [5.41, 5.74) is 5.14. The van der Waals surface area contributed by atoms with Gasteiger partial charge in [-0.25, -0.2) is 4.68 Å². The van der Waals surface area contributed by atoms with Gasteiger partial charge in [-0.2, -0.15) is 5.10 Å². The molecule has 2 heterocycles. The van der Waals surface area contributed by atoms with Gasteiger partial charge in [0.1, 0.15) is 18.0 Å². The molecule has 0 fully saturated rings. The summed E-state index contributed by atoms with van der Waals surface area (Å²) in [7, 11) is 0. The molecule has 4 rings (SSSR count). The monoisotopic (exact) mass is 456 g/mol. The van der Waals surface area contributed by atoms with Crippen molar-refractivity contribution in [3.63, 3.8) is 0 Å². The summed E-state index contributed by atoms with van der Waals surface area (Å²) in [6, 6.07) is 15.9. The van der Waals surface area contributed by atoms with E-state index in [1.54, 1.807) is 16.0 Å². The Morgan fingerprint density at radius 2 is 1.83 bits per heavy atom.